The van der Waals surface area contributed by atoms with Crippen molar-refractivity contribution in [3.63, 3.8) is 0 Å². The number of hydrogen-bond acceptors (Lipinski definition) is 3. The Kier molecular flexibility index (Phi) is 5.82. The van der Waals surface area contributed by atoms with Crippen LogP contribution < -0.4 is 5.32 Å². The fourth-order valence-corrected chi connectivity index (χ4v) is 2.52. The fraction of sp³-hybridized carbons (Fsp3) is 0.500. The van der Waals surface area contributed by atoms with Crippen molar-refractivity contribution in [3.8, 4) is 0 Å². The lowest BCUT2D eigenvalue weighted by Gasteiger charge is -2.19. The quantitative estimate of drug-likeness (QED) is 0.917. The zero-order chi connectivity index (χ0) is 13.5. The third kappa shape index (κ3) is 4.93. The number of carbonyl (C=O) groups is 1. The van der Waals surface area contributed by atoms with Gasteiger partial charge >= 0.3 is 0 Å². The maximum Gasteiger partial charge on any atom is 0.248 e. The average molecular weight is 327 g/mol. The molecule has 0 atom stereocenters. The maximum absolute atomic E-state index is 12.0. The molecule has 1 N–H and O–H groups in total. The Morgan fingerprint density at radius 3 is 3.11 bits per heavy atom. The molecule has 2 rings (SSSR count). The van der Waals surface area contributed by atoms with E-state index in [9.17, 15) is 4.79 Å². The van der Waals surface area contributed by atoms with Gasteiger partial charge in [0.25, 0.3) is 0 Å². The lowest BCUT2D eigenvalue weighted by atomic mass is 10.2. The molecule has 1 aromatic carbocycles. The highest BCUT2D eigenvalue weighted by atomic mass is 79.9. The summed E-state index contributed by atoms with van der Waals surface area (Å²) in [6.07, 6.45) is 1.01. The predicted octanol–water partition coefficient (Wildman–Crippen LogP) is 1.79. The Bertz CT molecular complexity index is 418. The van der Waals surface area contributed by atoms with Crippen molar-refractivity contribution in [2.24, 2.45) is 0 Å². The molecule has 4 nitrogen and oxygen atoms in total. The third-order valence-electron chi connectivity index (χ3n) is 3.08. The summed E-state index contributed by atoms with van der Waals surface area (Å²) >= 11 is 3.42. The summed E-state index contributed by atoms with van der Waals surface area (Å²) in [5.41, 5.74) is 1.07. The monoisotopic (exact) mass is 326 g/mol. The summed E-state index contributed by atoms with van der Waals surface area (Å²) in [5.74, 6) is 0.0821. The Hall–Kier alpha value is -0.910. The van der Waals surface area contributed by atoms with Crippen LogP contribution in [-0.2, 0) is 16.1 Å². The van der Waals surface area contributed by atoms with Crippen molar-refractivity contribution in [3.05, 3.63) is 34.3 Å². The molecule has 19 heavy (non-hydrogen) atoms. The summed E-state index contributed by atoms with van der Waals surface area (Å²) in [5, 5.41) is 3.28. The van der Waals surface area contributed by atoms with Gasteiger partial charge in [0.05, 0.1) is 6.61 Å². The van der Waals surface area contributed by atoms with Crippen LogP contribution in [0.3, 0.4) is 0 Å². The third-order valence-corrected chi connectivity index (χ3v) is 3.57. The Balaban J connectivity index is 1.74. The molecule has 1 heterocycles. The normalized spacial score (nSPS) is 16.2. The van der Waals surface area contributed by atoms with E-state index in [1.54, 1.807) is 0 Å². The van der Waals surface area contributed by atoms with E-state index in [0.29, 0.717) is 6.61 Å². The molecule has 0 aromatic heterocycles. The number of rotatable bonds is 4. The molecule has 0 saturated carbocycles. The van der Waals surface area contributed by atoms with Gasteiger partial charge in [-0.3, -0.25) is 4.79 Å². The van der Waals surface area contributed by atoms with E-state index in [0.717, 1.165) is 42.6 Å². The first-order valence-corrected chi connectivity index (χ1v) is 7.36. The minimum atomic E-state index is 0.0821. The van der Waals surface area contributed by atoms with Crippen LogP contribution in [0.15, 0.2) is 28.7 Å². The molecule has 0 aliphatic carbocycles. The van der Waals surface area contributed by atoms with E-state index >= 15 is 0 Å². The summed E-state index contributed by atoms with van der Waals surface area (Å²) < 4.78 is 6.52. The first kappa shape index (κ1) is 14.5. The van der Waals surface area contributed by atoms with Gasteiger partial charge in [-0.1, -0.05) is 28.1 Å². The highest BCUT2D eigenvalue weighted by Gasteiger charge is 2.14. The van der Waals surface area contributed by atoms with Crippen LogP contribution in [-0.4, -0.2) is 43.6 Å². The zero-order valence-electron chi connectivity index (χ0n) is 10.9. The highest BCUT2D eigenvalue weighted by Crippen LogP contribution is 2.12. The molecule has 1 fully saturated rings. The lowest BCUT2D eigenvalue weighted by Crippen LogP contribution is -2.36. The van der Waals surface area contributed by atoms with Crippen molar-refractivity contribution < 1.29 is 9.53 Å². The van der Waals surface area contributed by atoms with Gasteiger partial charge in [0.2, 0.25) is 5.91 Å². The highest BCUT2D eigenvalue weighted by molar-refractivity contribution is 9.10. The average Bonchev–Trinajstić information content (AvgIpc) is 2.67. The maximum atomic E-state index is 12.0. The van der Waals surface area contributed by atoms with E-state index < -0.39 is 0 Å². The molecule has 0 unspecified atom stereocenters. The van der Waals surface area contributed by atoms with Crippen molar-refractivity contribution in [1.29, 1.82) is 0 Å². The molecule has 1 aliphatic rings. The number of amides is 1. The molecule has 1 aliphatic heterocycles. The van der Waals surface area contributed by atoms with Crippen LogP contribution in [0.1, 0.15) is 12.0 Å². The van der Waals surface area contributed by atoms with Crippen molar-refractivity contribution >= 4 is 21.8 Å². The van der Waals surface area contributed by atoms with Gasteiger partial charge in [-0.15, -0.1) is 0 Å². The predicted molar refractivity (Wildman–Crippen MR) is 77.9 cm³/mol. The van der Waals surface area contributed by atoms with E-state index in [1.165, 1.54) is 0 Å². The van der Waals surface area contributed by atoms with Crippen LogP contribution in [0.4, 0.5) is 0 Å². The first-order chi connectivity index (χ1) is 9.25. The molecule has 0 spiro atoms. The number of halogens is 1. The van der Waals surface area contributed by atoms with Gasteiger partial charge in [0.15, 0.2) is 0 Å². The van der Waals surface area contributed by atoms with Gasteiger partial charge in [-0.25, -0.2) is 0 Å². The van der Waals surface area contributed by atoms with Crippen LogP contribution in [0.2, 0.25) is 0 Å². The molecule has 0 radical (unpaired) electrons. The lowest BCUT2D eigenvalue weighted by molar-refractivity contribution is -0.136. The van der Waals surface area contributed by atoms with E-state index in [2.05, 4.69) is 21.2 Å². The fourth-order valence-electron chi connectivity index (χ4n) is 2.07. The molecule has 1 aromatic rings. The van der Waals surface area contributed by atoms with E-state index in [1.807, 2.05) is 29.2 Å². The number of nitrogens with one attached hydrogen (secondary N) is 1. The van der Waals surface area contributed by atoms with E-state index in [-0.39, 0.29) is 12.5 Å². The molecular weight excluding hydrogens is 308 g/mol. The largest absolute Gasteiger partial charge is 0.367 e. The number of benzene rings is 1. The van der Waals surface area contributed by atoms with Gasteiger partial charge in [-0.2, -0.15) is 0 Å². The summed E-state index contributed by atoms with van der Waals surface area (Å²) in [6.45, 7) is 4.09. The Labute approximate surface area is 122 Å². The number of nitrogens with zero attached hydrogens (tertiary/aromatic N) is 1. The van der Waals surface area contributed by atoms with Crippen molar-refractivity contribution in [2.45, 2.75) is 13.0 Å². The summed E-state index contributed by atoms with van der Waals surface area (Å²) in [4.78, 5) is 13.8. The first-order valence-electron chi connectivity index (χ1n) is 6.56. The van der Waals surface area contributed by atoms with Gasteiger partial charge in [0, 0.05) is 24.1 Å². The van der Waals surface area contributed by atoms with Crippen molar-refractivity contribution in [2.75, 3.05) is 32.8 Å². The minimum Gasteiger partial charge on any atom is -0.367 e. The molecule has 104 valence electrons. The van der Waals surface area contributed by atoms with Crippen LogP contribution in [0, 0.1) is 0 Å². The van der Waals surface area contributed by atoms with Crippen LogP contribution in [0.25, 0.3) is 0 Å². The standard InChI is InChI=1S/C14H19BrN2O2/c15-13-4-1-3-12(9-13)10-19-11-14(18)17-7-2-5-16-6-8-17/h1,3-4,9,16H,2,5-8,10-11H2. The molecule has 5 heteroatoms. The Morgan fingerprint density at radius 1 is 1.37 bits per heavy atom. The van der Waals surface area contributed by atoms with Gasteiger partial charge in [-0.05, 0) is 30.7 Å². The second-order valence-electron chi connectivity index (χ2n) is 4.61. The number of ether oxygens (including phenoxy) is 1. The van der Waals surface area contributed by atoms with Gasteiger partial charge in [0.1, 0.15) is 6.61 Å². The molecular formula is C14H19BrN2O2. The van der Waals surface area contributed by atoms with Crippen LogP contribution in [0.5, 0.6) is 0 Å². The smallest absolute Gasteiger partial charge is 0.248 e. The van der Waals surface area contributed by atoms with Gasteiger partial charge < -0.3 is 15.0 Å². The second-order valence-corrected chi connectivity index (χ2v) is 5.52. The molecule has 0 bridgehead atoms. The summed E-state index contributed by atoms with van der Waals surface area (Å²) in [7, 11) is 0. The summed E-state index contributed by atoms with van der Waals surface area (Å²) in [6, 6.07) is 7.93. The van der Waals surface area contributed by atoms with Crippen LogP contribution >= 0.6 is 15.9 Å². The van der Waals surface area contributed by atoms with E-state index in [4.69, 9.17) is 4.74 Å². The minimum absolute atomic E-state index is 0.0821. The SMILES string of the molecule is O=C(COCc1cccc(Br)c1)N1CCCNCC1. The number of hydrogen-bond donors (Lipinski definition) is 1. The molecule has 1 amide bonds. The van der Waals surface area contributed by atoms with Crippen molar-refractivity contribution in [1.82, 2.24) is 10.2 Å². The Morgan fingerprint density at radius 2 is 2.26 bits per heavy atom. The molecule has 1 saturated heterocycles. The zero-order valence-corrected chi connectivity index (χ0v) is 12.5. The second kappa shape index (κ2) is 7.62. The topological polar surface area (TPSA) is 41.6 Å². The number of carbonyl (C=O) groups excluding carboxylic acids is 1.